The number of fused-ring (bicyclic) bond motifs is 2. The highest BCUT2D eigenvalue weighted by Crippen LogP contribution is 2.48. The van der Waals surface area contributed by atoms with Crippen LogP contribution in [0.2, 0.25) is 0 Å². The van der Waals surface area contributed by atoms with E-state index >= 15 is 0 Å². The Morgan fingerprint density at radius 3 is 2.07 bits per heavy atom. The van der Waals surface area contributed by atoms with Gasteiger partial charge in [0, 0.05) is 56.8 Å². The summed E-state index contributed by atoms with van der Waals surface area (Å²) in [6.07, 6.45) is -7.78. The maximum atomic E-state index is 14.1. The number of piperidine rings is 1. The van der Waals surface area contributed by atoms with E-state index in [1.165, 1.54) is 36.4 Å². The highest BCUT2D eigenvalue weighted by atomic mass is 19.4. The maximum absolute atomic E-state index is 14.1. The Morgan fingerprint density at radius 2 is 1.46 bits per heavy atom. The van der Waals surface area contributed by atoms with Crippen LogP contribution in [0.3, 0.4) is 0 Å². The van der Waals surface area contributed by atoms with Crippen LogP contribution in [0, 0.1) is 15.9 Å². The van der Waals surface area contributed by atoms with E-state index in [2.05, 4.69) is 17.0 Å². The standard InChI is InChI=1S/C48H50F7N5O7/c1-56(42(61)24-32-8-14-39(15-9-32)60(64)65)19-5-20-57(2)43(62)29-66-41-27-33-6-3-4-7-40(33)45(41)16-21-58(22-17-45)23-18-46(35-10-12-38(49)13-11-35)30-59(31-67-46)44(63)34-25-36(47(50,51)52)28-37(26-34)48(53,54)55/h3-4,6-15,25-26,28,41H,5,16-24,27,29-31H2,1-2H3/t41-,46+/m0/s1. The van der Waals surface area contributed by atoms with Gasteiger partial charge in [-0.3, -0.25) is 24.5 Å². The quantitative estimate of drug-likeness (QED) is 0.0667. The average molecular weight is 942 g/mol. The van der Waals surface area contributed by atoms with Crippen molar-refractivity contribution in [3.05, 3.63) is 146 Å². The van der Waals surface area contributed by atoms with Gasteiger partial charge in [-0.1, -0.05) is 48.5 Å². The molecule has 0 saturated carbocycles. The molecule has 4 aromatic carbocycles. The first-order valence-corrected chi connectivity index (χ1v) is 21.8. The third kappa shape index (κ3) is 11.1. The monoisotopic (exact) mass is 941 g/mol. The van der Waals surface area contributed by atoms with Gasteiger partial charge in [-0.2, -0.15) is 26.3 Å². The zero-order valence-corrected chi connectivity index (χ0v) is 36.9. The van der Waals surface area contributed by atoms with Gasteiger partial charge in [0.15, 0.2) is 0 Å². The predicted molar refractivity (Wildman–Crippen MR) is 230 cm³/mol. The van der Waals surface area contributed by atoms with E-state index in [4.69, 9.17) is 9.47 Å². The van der Waals surface area contributed by atoms with E-state index in [0.29, 0.717) is 81.7 Å². The van der Waals surface area contributed by atoms with Gasteiger partial charge in [-0.15, -0.1) is 0 Å². The molecular weight excluding hydrogens is 892 g/mol. The highest BCUT2D eigenvalue weighted by Gasteiger charge is 2.50. The van der Waals surface area contributed by atoms with Gasteiger partial charge >= 0.3 is 12.4 Å². The fraction of sp³-hybridized carbons (Fsp3) is 0.438. The maximum Gasteiger partial charge on any atom is 0.416 e. The molecule has 0 unspecified atom stereocenters. The summed E-state index contributed by atoms with van der Waals surface area (Å²) in [7, 11) is 3.34. The van der Waals surface area contributed by atoms with Crippen molar-refractivity contribution in [1.29, 1.82) is 0 Å². The van der Waals surface area contributed by atoms with Crippen molar-refractivity contribution in [1.82, 2.24) is 19.6 Å². The number of nitro groups is 1. The van der Waals surface area contributed by atoms with E-state index in [9.17, 15) is 55.2 Å². The largest absolute Gasteiger partial charge is 0.416 e. The molecule has 3 amide bonds. The fourth-order valence-electron chi connectivity index (χ4n) is 9.41. The first-order chi connectivity index (χ1) is 31.7. The lowest BCUT2D eigenvalue weighted by atomic mass is 9.72. The molecule has 1 spiro atoms. The summed E-state index contributed by atoms with van der Waals surface area (Å²) in [5, 5.41) is 10.9. The zero-order chi connectivity index (χ0) is 48.3. The van der Waals surface area contributed by atoms with Crippen LogP contribution in [0.5, 0.6) is 0 Å². The summed E-state index contributed by atoms with van der Waals surface area (Å²) in [4.78, 5) is 56.6. The molecule has 7 rings (SSSR count). The van der Waals surface area contributed by atoms with Gasteiger partial charge in [-0.25, -0.2) is 4.39 Å². The topological polar surface area (TPSA) is 126 Å². The molecule has 12 nitrogen and oxygen atoms in total. The molecule has 0 N–H and O–H groups in total. The van der Waals surface area contributed by atoms with Crippen LogP contribution in [-0.2, 0) is 55.3 Å². The zero-order valence-electron chi connectivity index (χ0n) is 36.9. The van der Waals surface area contributed by atoms with E-state index < -0.39 is 63.4 Å². The summed E-state index contributed by atoms with van der Waals surface area (Å²) in [6, 6.07) is 20.1. The number of amides is 3. The average Bonchev–Trinajstić information content (AvgIpc) is 3.87. The molecule has 2 fully saturated rings. The Morgan fingerprint density at radius 1 is 0.851 bits per heavy atom. The Bertz CT molecular complexity index is 2410. The van der Waals surface area contributed by atoms with Crippen molar-refractivity contribution in [2.24, 2.45) is 0 Å². The molecule has 2 atom stereocenters. The Hall–Kier alpha value is -5.92. The van der Waals surface area contributed by atoms with E-state index in [1.807, 2.05) is 12.1 Å². The molecule has 67 heavy (non-hydrogen) atoms. The van der Waals surface area contributed by atoms with Crippen molar-refractivity contribution in [2.75, 3.05) is 66.7 Å². The van der Waals surface area contributed by atoms with Crippen LogP contribution in [0.1, 0.15) is 69.4 Å². The van der Waals surface area contributed by atoms with Gasteiger partial charge in [0.25, 0.3) is 11.6 Å². The number of nitrogens with zero attached hydrogens (tertiary/aromatic N) is 5. The second-order valence-corrected chi connectivity index (χ2v) is 17.6. The smallest absolute Gasteiger partial charge is 0.367 e. The van der Waals surface area contributed by atoms with Crippen molar-refractivity contribution in [2.45, 2.75) is 68.0 Å². The number of likely N-dealkylation sites (N-methyl/N-ethyl adjacent to an activating group) is 2. The molecule has 3 aliphatic rings. The molecule has 19 heteroatoms. The van der Waals surface area contributed by atoms with Gasteiger partial charge in [0.1, 0.15) is 24.8 Å². The van der Waals surface area contributed by atoms with Crippen molar-refractivity contribution in [3.8, 4) is 0 Å². The third-order valence-corrected chi connectivity index (χ3v) is 13.3. The first kappa shape index (κ1) is 49.0. The van der Waals surface area contributed by atoms with Gasteiger partial charge < -0.3 is 29.1 Å². The first-order valence-electron chi connectivity index (χ1n) is 21.8. The number of halogens is 7. The molecule has 2 aliphatic heterocycles. The summed E-state index contributed by atoms with van der Waals surface area (Å²) in [6.45, 7) is 1.60. The number of hydrogen-bond donors (Lipinski definition) is 0. The fourth-order valence-corrected chi connectivity index (χ4v) is 9.41. The third-order valence-electron chi connectivity index (χ3n) is 13.3. The summed E-state index contributed by atoms with van der Waals surface area (Å²) < 4.78 is 109. The number of ether oxygens (including phenoxy) is 2. The number of rotatable bonds is 15. The molecule has 358 valence electrons. The van der Waals surface area contributed by atoms with Crippen LogP contribution < -0.4 is 0 Å². The minimum absolute atomic E-state index is 0.0359. The van der Waals surface area contributed by atoms with Crippen molar-refractivity contribution in [3.63, 3.8) is 0 Å². The lowest BCUT2D eigenvalue weighted by Gasteiger charge is -2.44. The van der Waals surface area contributed by atoms with Crippen molar-refractivity contribution < 1.29 is 59.5 Å². The number of carbonyl (C=O) groups is 3. The summed E-state index contributed by atoms with van der Waals surface area (Å²) >= 11 is 0. The van der Waals surface area contributed by atoms with E-state index in [-0.39, 0.29) is 55.7 Å². The number of benzene rings is 4. The Labute approximate surface area is 382 Å². The predicted octanol–water partition coefficient (Wildman–Crippen LogP) is 8.01. The lowest BCUT2D eigenvalue weighted by Crippen LogP contribution is -2.50. The number of nitro benzene ring substituents is 1. The molecule has 0 aromatic heterocycles. The molecule has 4 aromatic rings. The van der Waals surface area contributed by atoms with Crippen LogP contribution in [0.4, 0.5) is 36.4 Å². The molecule has 0 radical (unpaired) electrons. The number of likely N-dealkylation sites (tertiary alicyclic amines) is 1. The number of non-ortho nitro benzene ring substituents is 1. The van der Waals surface area contributed by atoms with Gasteiger partial charge in [0.05, 0.1) is 35.1 Å². The highest BCUT2D eigenvalue weighted by molar-refractivity contribution is 5.95. The molecule has 2 saturated heterocycles. The lowest BCUT2D eigenvalue weighted by molar-refractivity contribution is -0.384. The van der Waals surface area contributed by atoms with Crippen LogP contribution in [0.15, 0.2) is 91.0 Å². The molecule has 1 aliphatic carbocycles. The minimum atomic E-state index is -5.14. The van der Waals surface area contributed by atoms with E-state index in [0.717, 1.165) is 16.0 Å². The second kappa shape index (κ2) is 19.7. The van der Waals surface area contributed by atoms with E-state index in [1.54, 1.807) is 36.0 Å². The van der Waals surface area contributed by atoms with Crippen LogP contribution in [-0.4, -0.2) is 115 Å². The second-order valence-electron chi connectivity index (χ2n) is 17.6. The van der Waals surface area contributed by atoms with Gasteiger partial charge in [0.2, 0.25) is 11.8 Å². The van der Waals surface area contributed by atoms with Gasteiger partial charge in [-0.05, 0) is 97.8 Å². The normalized spacial score (nSPS) is 19.4. The van der Waals surface area contributed by atoms with Crippen LogP contribution in [0.25, 0.3) is 0 Å². The van der Waals surface area contributed by atoms with Crippen molar-refractivity contribution >= 4 is 23.4 Å². The molecule has 2 heterocycles. The number of alkyl halides is 6. The minimum Gasteiger partial charge on any atom is -0.367 e. The Kier molecular flexibility index (Phi) is 14.4. The van der Waals surface area contributed by atoms with Crippen LogP contribution >= 0.6 is 0 Å². The summed E-state index contributed by atoms with van der Waals surface area (Å²) in [5.41, 5.74) is -2.30. The number of hydrogen-bond acceptors (Lipinski definition) is 8. The molecule has 0 bridgehead atoms. The Balaban J connectivity index is 0.958. The molecular formula is C48H50F7N5O7. The number of carbonyl (C=O) groups excluding carboxylic acids is 3. The SMILES string of the molecule is CN(CCCN(C)C(=O)Cc1ccc([N+](=O)[O-])cc1)C(=O)CO[C@H]1Cc2ccccc2C12CCN(CC[C@]1(c3ccc(F)cc3)CN(C(=O)c3cc(C(F)(F)F)cc(C(F)(F)F)c3)CO1)CC2. The summed E-state index contributed by atoms with van der Waals surface area (Å²) in [5.74, 6) is -1.99.